The van der Waals surface area contributed by atoms with E-state index in [1.807, 2.05) is 0 Å². The number of nitrogens with one attached hydrogen (secondary N) is 1. The van der Waals surface area contributed by atoms with Crippen LogP contribution in [-0.4, -0.2) is 47.8 Å². The molecule has 2 atom stereocenters. The average Bonchev–Trinajstić information content (AvgIpc) is 2.92. The maximum absolute atomic E-state index is 10.4. The predicted octanol–water partition coefficient (Wildman–Crippen LogP) is 2.78. The zero-order valence-electron chi connectivity index (χ0n) is 13.5. The first-order chi connectivity index (χ1) is 9.65. The molecule has 0 bridgehead atoms. The van der Waals surface area contributed by atoms with Crippen LogP contribution in [0.1, 0.15) is 65.2 Å². The van der Waals surface area contributed by atoms with Crippen molar-refractivity contribution in [1.29, 1.82) is 0 Å². The number of aliphatic hydroxyl groups is 1. The second-order valence-electron chi connectivity index (χ2n) is 7.23. The summed E-state index contributed by atoms with van der Waals surface area (Å²) in [5.41, 5.74) is 0. The summed E-state index contributed by atoms with van der Waals surface area (Å²) in [5, 5.41) is 14.0. The molecule has 2 unspecified atom stereocenters. The van der Waals surface area contributed by atoms with Crippen molar-refractivity contribution < 1.29 is 5.11 Å². The summed E-state index contributed by atoms with van der Waals surface area (Å²) < 4.78 is 0. The van der Waals surface area contributed by atoms with Crippen molar-refractivity contribution in [1.82, 2.24) is 10.2 Å². The van der Waals surface area contributed by atoms with Gasteiger partial charge in [-0.3, -0.25) is 4.90 Å². The van der Waals surface area contributed by atoms with Crippen LogP contribution in [-0.2, 0) is 0 Å². The predicted molar refractivity (Wildman–Crippen MR) is 84.9 cm³/mol. The van der Waals surface area contributed by atoms with E-state index in [0.717, 1.165) is 25.4 Å². The van der Waals surface area contributed by atoms with Gasteiger partial charge in [0.25, 0.3) is 0 Å². The van der Waals surface area contributed by atoms with Gasteiger partial charge in [0.2, 0.25) is 0 Å². The minimum atomic E-state index is -0.135. The first-order valence-electron chi connectivity index (χ1n) is 8.80. The number of piperidine rings is 1. The highest BCUT2D eigenvalue weighted by Crippen LogP contribution is 2.28. The molecule has 20 heavy (non-hydrogen) atoms. The second kappa shape index (κ2) is 8.35. The van der Waals surface area contributed by atoms with Gasteiger partial charge in [-0.25, -0.2) is 0 Å². The molecule has 0 aromatic carbocycles. The number of rotatable bonds is 7. The summed E-state index contributed by atoms with van der Waals surface area (Å²) in [6.45, 7) is 7.63. The van der Waals surface area contributed by atoms with Gasteiger partial charge in [-0.15, -0.1) is 0 Å². The zero-order chi connectivity index (χ0) is 14.4. The van der Waals surface area contributed by atoms with Gasteiger partial charge in [-0.1, -0.05) is 32.1 Å². The van der Waals surface area contributed by atoms with Gasteiger partial charge in [0, 0.05) is 25.2 Å². The topological polar surface area (TPSA) is 35.5 Å². The molecule has 2 rings (SSSR count). The first-order valence-corrected chi connectivity index (χ1v) is 8.80. The van der Waals surface area contributed by atoms with Crippen molar-refractivity contribution in [3.63, 3.8) is 0 Å². The van der Waals surface area contributed by atoms with E-state index in [-0.39, 0.29) is 6.10 Å². The van der Waals surface area contributed by atoms with Gasteiger partial charge in [0.1, 0.15) is 0 Å². The molecule has 3 heteroatoms. The Bertz CT molecular complexity index is 258. The Morgan fingerprint density at radius 1 is 1.10 bits per heavy atom. The standard InChI is InChI=1S/C17H34N2O/c1-14(2)19(12-16-9-5-6-10-18-16)13-17(20)11-15-7-3-4-8-15/h14-18,20H,3-13H2,1-2H3. The molecule has 1 saturated carbocycles. The lowest BCUT2D eigenvalue weighted by molar-refractivity contribution is 0.0697. The van der Waals surface area contributed by atoms with E-state index in [9.17, 15) is 5.11 Å². The van der Waals surface area contributed by atoms with E-state index in [2.05, 4.69) is 24.1 Å². The van der Waals surface area contributed by atoms with E-state index in [4.69, 9.17) is 0 Å². The van der Waals surface area contributed by atoms with Crippen LogP contribution in [0.5, 0.6) is 0 Å². The summed E-state index contributed by atoms with van der Waals surface area (Å²) in [6.07, 6.45) is 10.3. The number of hydrogen-bond acceptors (Lipinski definition) is 3. The highest BCUT2D eigenvalue weighted by Gasteiger charge is 2.23. The minimum absolute atomic E-state index is 0.135. The largest absolute Gasteiger partial charge is 0.392 e. The summed E-state index contributed by atoms with van der Waals surface area (Å²) in [6, 6.07) is 1.15. The van der Waals surface area contributed by atoms with Gasteiger partial charge in [-0.2, -0.15) is 0 Å². The van der Waals surface area contributed by atoms with Crippen molar-refractivity contribution in [2.24, 2.45) is 5.92 Å². The van der Waals surface area contributed by atoms with Crippen LogP contribution < -0.4 is 5.32 Å². The highest BCUT2D eigenvalue weighted by atomic mass is 16.3. The number of nitrogens with zero attached hydrogens (tertiary/aromatic N) is 1. The van der Waals surface area contributed by atoms with E-state index in [0.29, 0.717) is 12.1 Å². The highest BCUT2D eigenvalue weighted by molar-refractivity contribution is 4.80. The summed E-state index contributed by atoms with van der Waals surface area (Å²) in [4.78, 5) is 2.47. The van der Waals surface area contributed by atoms with Crippen LogP contribution in [0.4, 0.5) is 0 Å². The van der Waals surface area contributed by atoms with Crippen molar-refractivity contribution in [2.75, 3.05) is 19.6 Å². The van der Waals surface area contributed by atoms with Crippen molar-refractivity contribution in [3.05, 3.63) is 0 Å². The Morgan fingerprint density at radius 2 is 1.80 bits per heavy atom. The second-order valence-corrected chi connectivity index (χ2v) is 7.23. The molecule has 1 heterocycles. The SMILES string of the molecule is CC(C)N(CC(O)CC1CCCC1)CC1CCCCN1. The Kier molecular flexibility index (Phi) is 6.79. The normalized spacial score (nSPS) is 26.6. The fourth-order valence-electron chi connectivity index (χ4n) is 3.84. The van der Waals surface area contributed by atoms with E-state index in [1.165, 1.54) is 51.5 Å². The molecule has 3 nitrogen and oxygen atoms in total. The fourth-order valence-corrected chi connectivity index (χ4v) is 3.84. The molecule has 0 radical (unpaired) electrons. The average molecular weight is 282 g/mol. The van der Waals surface area contributed by atoms with Gasteiger partial charge in [0.05, 0.1) is 6.10 Å². The van der Waals surface area contributed by atoms with E-state index < -0.39 is 0 Å². The maximum atomic E-state index is 10.4. The molecule has 2 aliphatic rings. The quantitative estimate of drug-likeness (QED) is 0.754. The molecule has 0 spiro atoms. The van der Waals surface area contributed by atoms with Gasteiger partial charge in [0.15, 0.2) is 0 Å². The monoisotopic (exact) mass is 282 g/mol. The lowest BCUT2D eigenvalue weighted by Crippen LogP contribution is -2.48. The molecule has 118 valence electrons. The molecule has 0 aromatic heterocycles. The van der Waals surface area contributed by atoms with Crippen LogP contribution in [0.25, 0.3) is 0 Å². The minimum Gasteiger partial charge on any atom is -0.392 e. The Morgan fingerprint density at radius 3 is 2.40 bits per heavy atom. The van der Waals surface area contributed by atoms with Crippen LogP contribution in [0.15, 0.2) is 0 Å². The fraction of sp³-hybridized carbons (Fsp3) is 1.00. The van der Waals surface area contributed by atoms with Crippen molar-refractivity contribution in [2.45, 2.75) is 83.4 Å². The van der Waals surface area contributed by atoms with Gasteiger partial charge >= 0.3 is 0 Å². The van der Waals surface area contributed by atoms with E-state index in [1.54, 1.807) is 0 Å². The molecule has 0 amide bonds. The number of aliphatic hydroxyl groups excluding tert-OH is 1. The third kappa shape index (κ3) is 5.34. The van der Waals surface area contributed by atoms with Gasteiger partial charge < -0.3 is 10.4 Å². The zero-order valence-corrected chi connectivity index (χ0v) is 13.5. The lowest BCUT2D eigenvalue weighted by atomic mass is 9.99. The van der Waals surface area contributed by atoms with Gasteiger partial charge in [-0.05, 0) is 45.6 Å². The summed E-state index contributed by atoms with van der Waals surface area (Å²) in [7, 11) is 0. The van der Waals surface area contributed by atoms with E-state index >= 15 is 0 Å². The summed E-state index contributed by atoms with van der Waals surface area (Å²) in [5.74, 6) is 0.784. The molecule has 1 aliphatic carbocycles. The molecule has 2 fully saturated rings. The maximum Gasteiger partial charge on any atom is 0.0669 e. The Labute approximate surface area is 125 Å². The first kappa shape index (κ1) is 16.3. The molecule has 2 N–H and O–H groups in total. The van der Waals surface area contributed by atoms with Crippen molar-refractivity contribution in [3.8, 4) is 0 Å². The third-order valence-electron chi connectivity index (χ3n) is 5.12. The number of hydrogen-bond donors (Lipinski definition) is 2. The van der Waals surface area contributed by atoms with Crippen molar-refractivity contribution >= 4 is 0 Å². The molecular formula is C17H34N2O. The smallest absolute Gasteiger partial charge is 0.0669 e. The van der Waals surface area contributed by atoms with Crippen LogP contribution >= 0.6 is 0 Å². The van der Waals surface area contributed by atoms with Crippen LogP contribution in [0, 0.1) is 5.92 Å². The molecule has 1 aliphatic heterocycles. The Hall–Kier alpha value is -0.120. The Balaban J connectivity index is 1.75. The molecular weight excluding hydrogens is 248 g/mol. The third-order valence-corrected chi connectivity index (χ3v) is 5.12. The lowest BCUT2D eigenvalue weighted by Gasteiger charge is -2.34. The summed E-state index contributed by atoms with van der Waals surface area (Å²) >= 11 is 0. The molecule has 0 aromatic rings. The molecule has 1 saturated heterocycles. The van der Waals surface area contributed by atoms with Crippen LogP contribution in [0.2, 0.25) is 0 Å². The van der Waals surface area contributed by atoms with Crippen LogP contribution in [0.3, 0.4) is 0 Å².